The van der Waals surface area contributed by atoms with Crippen LogP contribution in [0.1, 0.15) is 24.0 Å². The lowest BCUT2D eigenvalue weighted by atomic mass is 9.90. The number of furan rings is 1. The van der Waals surface area contributed by atoms with Crippen molar-refractivity contribution in [3.05, 3.63) is 101 Å². The zero-order chi connectivity index (χ0) is 25.0. The molecule has 8 aromatic rings. The van der Waals surface area contributed by atoms with Crippen LogP contribution in [0.25, 0.3) is 66.2 Å². The molecule has 1 aliphatic carbocycles. The Hall–Kier alpha value is -4.28. The molecule has 38 heavy (non-hydrogen) atoms. The van der Waals surface area contributed by atoms with Crippen molar-refractivity contribution in [2.45, 2.75) is 25.7 Å². The number of fused-ring (bicyclic) bond motifs is 9. The summed E-state index contributed by atoms with van der Waals surface area (Å²) in [4.78, 5) is 5.27. The van der Waals surface area contributed by atoms with Crippen molar-refractivity contribution in [3.8, 4) is 5.69 Å². The minimum absolute atomic E-state index is 0.593. The van der Waals surface area contributed by atoms with E-state index in [1.165, 1.54) is 45.8 Å². The van der Waals surface area contributed by atoms with Gasteiger partial charge in [0, 0.05) is 16.2 Å². The lowest BCUT2D eigenvalue weighted by Gasteiger charge is -2.20. The van der Waals surface area contributed by atoms with Crippen LogP contribution in [0.5, 0.6) is 0 Å². The van der Waals surface area contributed by atoms with Crippen LogP contribution in [0.15, 0.2) is 89.3 Å². The van der Waals surface area contributed by atoms with E-state index in [1.54, 1.807) is 0 Å². The van der Waals surface area contributed by atoms with Gasteiger partial charge in [0.05, 0.1) is 27.8 Å². The summed E-state index contributed by atoms with van der Waals surface area (Å²) in [7, 11) is 0. The lowest BCUT2D eigenvalue weighted by Crippen LogP contribution is -2.08. The molecule has 0 spiro atoms. The predicted octanol–water partition coefficient (Wildman–Crippen LogP) is 9.02. The van der Waals surface area contributed by atoms with Gasteiger partial charge in [0.2, 0.25) is 5.78 Å². The monoisotopic (exact) mass is 511 g/mol. The Morgan fingerprint density at radius 1 is 0.763 bits per heavy atom. The highest BCUT2D eigenvalue weighted by atomic mass is 35.5. The van der Waals surface area contributed by atoms with Crippen LogP contribution in [0, 0.1) is 0 Å². The summed E-state index contributed by atoms with van der Waals surface area (Å²) >= 11 is 7.22. The zero-order valence-electron chi connectivity index (χ0n) is 20.5. The quantitative estimate of drug-likeness (QED) is 0.220. The van der Waals surface area contributed by atoms with Gasteiger partial charge >= 0.3 is 0 Å². The highest BCUT2D eigenvalue weighted by molar-refractivity contribution is 6.38. The van der Waals surface area contributed by atoms with Crippen LogP contribution in [0.4, 0.5) is 0 Å². The number of halogens is 1. The summed E-state index contributed by atoms with van der Waals surface area (Å²) in [6, 6.07) is 29.8. The maximum absolute atomic E-state index is 7.22. The largest absolute Gasteiger partial charge is 0.454 e. The molecule has 182 valence electrons. The van der Waals surface area contributed by atoms with Gasteiger partial charge in [-0.15, -0.1) is 0 Å². The van der Waals surface area contributed by atoms with Gasteiger partial charge in [0.15, 0.2) is 5.58 Å². The molecule has 0 fully saturated rings. The first-order valence-corrected chi connectivity index (χ1v) is 13.6. The molecule has 0 aliphatic heterocycles. The molecule has 4 nitrogen and oxygen atoms in total. The Bertz CT molecular complexity index is 2260. The number of hydrogen-bond acceptors (Lipinski definition) is 2. The Kier molecular flexibility index (Phi) is 4.04. The standard InChI is InChI=1S/C33H22ClN3O/c34-30-27(18-16-23-22-11-3-4-14-28(22)38-32(23)30)36-25-12-5-8-20-9-6-13-26(29(20)25)37-31-21-10-2-1-7-19(21)15-17-24(31)35-33(36)37/h3-6,8-9,11-18H,1-2,7,10H2. The normalized spacial score (nSPS) is 14.0. The molecule has 0 saturated carbocycles. The van der Waals surface area contributed by atoms with E-state index in [1.807, 2.05) is 18.2 Å². The molecule has 0 atom stereocenters. The fourth-order valence-electron chi connectivity index (χ4n) is 6.71. The summed E-state index contributed by atoms with van der Waals surface area (Å²) in [5.74, 6) is 0.863. The van der Waals surface area contributed by atoms with Gasteiger partial charge in [-0.1, -0.05) is 60.1 Å². The van der Waals surface area contributed by atoms with E-state index in [0.717, 1.165) is 51.7 Å². The summed E-state index contributed by atoms with van der Waals surface area (Å²) < 4.78 is 10.9. The van der Waals surface area contributed by atoms with Crippen molar-refractivity contribution in [3.63, 3.8) is 0 Å². The fourth-order valence-corrected chi connectivity index (χ4v) is 7.00. The Labute approximate surface area is 222 Å². The lowest BCUT2D eigenvalue weighted by molar-refractivity contribution is 0.668. The SMILES string of the molecule is Clc1c(-n2c3cccc4cccc(c43)n3c4c5c(ccc4nc23)CCCC5)ccc2c1oc1ccccc12. The first kappa shape index (κ1) is 20.7. The van der Waals surface area contributed by atoms with Crippen molar-refractivity contribution in [1.29, 1.82) is 0 Å². The molecule has 5 aromatic carbocycles. The minimum atomic E-state index is 0.593. The first-order chi connectivity index (χ1) is 18.8. The molecule has 1 aliphatic rings. The van der Waals surface area contributed by atoms with E-state index >= 15 is 0 Å². The third kappa shape index (κ3) is 2.58. The van der Waals surface area contributed by atoms with E-state index in [9.17, 15) is 0 Å². The second kappa shape index (κ2) is 7.40. The molecular weight excluding hydrogens is 490 g/mol. The van der Waals surface area contributed by atoms with Crippen LogP contribution in [0.2, 0.25) is 5.02 Å². The van der Waals surface area contributed by atoms with E-state index in [2.05, 4.69) is 75.7 Å². The van der Waals surface area contributed by atoms with Gasteiger partial charge in [-0.3, -0.25) is 8.97 Å². The summed E-state index contributed by atoms with van der Waals surface area (Å²) in [6.45, 7) is 0. The first-order valence-electron chi connectivity index (χ1n) is 13.2. The van der Waals surface area contributed by atoms with Gasteiger partial charge in [-0.25, -0.2) is 4.98 Å². The Morgan fingerprint density at radius 3 is 2.53 bits per heavy atom. The number of nitrogens with zero attached hydrogens (tertiary/aromatic N) is 3. The van der Waals surface area contributed by atoms with Crippen LogP contribution < -0.4 is 0 Å². The number of benzene rings is 5. The summed E-state index contributed by atoms with van der Waals surface area (Å²) in [6.07, 6.45) is 4.68. The maximum atomic E-state index is 7.22. The van der Waals surface area contributed by atoms with Crippen molar-refractivity contribution < 1.29 is 4.42 Å². The molecule has 0 N–H and O–H groups in total. The van der Waals surface area contributed by atoms with Crippen molar-refractivity contribution in [1.82, 2.24) is 14.0 Å². The number of para-hydroxylation sites is 1. The number of imidazole rings is 1. The van der Waals surface area contributed by atoms with Crippen LogP contribution in [-0.2, 0) is 12.8 Å². The molecule has 0 saturated heterocycles. The van der Waals surface area contributed by atoms with Gasteiger partial charge in [-0.05, 0) is 78.6 Å². The molecule has 0 bridgehead atoms. The van der Waals surface area contributed by atoms with E-state index in [4.69, 9.17) is 21.0 Å². The third-order valence-electron chi connectivity index (χ3n) is 8.37. The number of aryl methyl sites for hydroxylation is 2. The smallest absolute Gasteiger partial charge is 0.220 e. The average Bonchev–Trinajstić information content (AvgIpc) is 3.54. The highest BCUT2D eigenvalue weighted by Crippen LogP contribution is 2.41. The van der Waals surface area contributed by atoms with Gasteiger partial charge in [0.1, 0.15) is 10.6 Å². The predicted molar refractivity (Wildman–Crippen MR) is 156 cm³/mol. The fraction of sp³-hybridized carbons (Fsp3) is 0.121. The molecule has 3 heterocycles. The van der Waals surface area contributed by atoms with Crippen molar-refractivity contribution in [2.75, 3.05) is 0 Å². The van der Waals surface area contributed by atoms with Crippen molar-refractivity contribution in [2.24, 2.45) is 0 Å². The molecule has 0 amide bonds. The maximum Gasteiger partial charge on any atom is 0.220 e. The van der Waals surface area contributed by atoms with E-state index < -0.39 is 0 Å². The molecule has 0 unspecified atom stereocenters. The Balaban J connectivity index is 1.51. The van der Waals surface area contributed by atoms with Gasteiger partial charge < -0.3 is 4.42 Å². The van der Waals surface area contributed by atoms with Crippen LogP contribution >= 0.6 is 11.6 Å². The van der Waals surface area contributed by atoms with E-state index in [-0.39, 0.29) is 0 Å². The van der Waals surface area contributed by atoms with Crippen molar-refractivity contribution >= 4 is 72.2 Å². The average molecular weight is 512 g/mol. The second-order valence-corrected chi connectivity index (χ2v) is 10.8. The Morgan fingerprint density at radius 2 is 1.61 bits per heavy atom. The van der Waals surface area contributed by atoms with Crippen LogP contribution in [-0.4, -0.2) is 14.0 Å². The summed E-state index contributed by atoms with van der Waals surface area (Å²) in [5, 5.41) is 5.09. The van der Waals surface area contributed by atoms with Gasteiger partial charge in [-0.2, -0.15) is 0 Å². The molecule has 0 radical (unpaired) electrons. The van der Waals surface area contributed by atoms with E-state index in [0.29, 0.717) is 10.6 Å². The summed E-state index contributed by atoms with van der Waals surface area (Å²) in [5.41, 5.74) is 9.79. The number of aromatic nitrogens is 3. The van der Waals surface area contributed by atoms with Crippen LogP contribution in [0.3, 0.4) is 0 Å². The highest BCUT2D eigenvalue weighted by Gasteiger charge is 2.23. The molecule has 9 rings (SSSR count). The topological polar surface area (TPSA) is 35.4 Å². The number of rotatable bonds is 1. The zero-order valence-corrected chi connectivity index (χ0v) is 21.3. The molecular formula is C33H22ClN3O. The van der Waals surface area contributed by atoms with Gasteiger partial charge in [0.25, 0.3) is 0 Å². The second-order valence-electron chi connectivity index (χ2n) is 10.4. The molecule has 5 heteroatoms. The molecule has 3 aromatic heterocycles. The third-order valence-corrected chi connectivity index (χ3v) is 8.74. The minimum Gasteiger partial charge on any atom is -0.454 e. The number of hydrogen-bond donors (Lipinski definition) is 0.